The molecule has 2 amide bonds. The van der Waals surface area contributed by atoms with Crippen LogP contribution in [0.15, 0.2) is 16.5 Å². The van der Waals surface area contributed by atoms with Crippen molar-refractivity contribution in [3.8, 4) is 0 Å². The second-order valence-corrected chi connectivity index (χ2v) is 7.31. The van der Waals surface area contributed by atoms with E-state index < -0.39 is 0 Å². The molecule has 0 aromatic carbocycles. The van der Waals surface area contributed by atoms with Crippen molar-refractivity contribution in [2.45, 2.75) is 19.4 Å². The van der Waals surface area contributed by atoms with Crippen LogP contribution in [-0.2, 0) is 9.53 Å². The number of aryl methyl sites for hydroxylation is 1. The second kappa shape index (κ2) is 8.73. The van der Waals surface area contributed by atoms with E-state index in [1.54, 1.807) is 4.90 Å². The molecule has 3 rings (SSSR count). The van der Waals surface area contributed by atoms with Gasteiger partial charge in [-0.05, 0) is 19.1 Å². The Bertz CT molecular complexity index is 600. The summed E-state index contributed by atoms with van der Waals surface area (Å²) in [5.74, 6) is 2.51. The Kier molecular flexibility index (Phi) is 6.39. The lowest BCUT2D eigenvalue weighted by atomic mass is 10.1. The first kappa shape index (κ1) is 18.3. The molecule has 25 heavy (non-hydrogen) atoms. The van der Waals surface area contributed by atoms with Gasteiger partial charge in [0.25, 0.3) is 5.24 Å². The number of amides is 2. The van der Waals surface area contributed by atoms with E-state index in [9.17, 15) is 9.59 Å². The number of rotatable bonds is 7. The Morgan fingerprint density at radius 2 is 2.12 bits per heavy atom. The lowest BCUT2D eigenvalue weighted by Gasteiger charge is -2.33. The van der Waals surface area contributed by atoms with Crippen LogP contribution in [0.1, 0.15) is 24.0 Å². The predicted octanol–water partition coefficient (Wildman–Crippen LogP) is 1.64. The molecule has 0 radical (unpaired) electrons. The summed E-state index contributed by atoms with van der Waals surface area (Å²) < 4.78 is 11.2. The number of carbonyl (C=O) groups excluding carboxylic acids is 2. The minimum Gasteiger partial charge on any atom is -0.465 e. The fraction of sp³-hybridized carbons (Fsp3) is 0.647. The van der Waals surface area contributed by atoms with Gasteiger partial charge in [0.2, 0.25) is 5.91 Å². The monoisotopic (exact) mass is 367 g/mol. The van der Waals surface area contributed by atoms with E-state index in [0.717, 1.165) is 36.9 Å². The largest absolute Gasteiger partial charge is 0.465 e. The lowest BCUT2D eigenvalue weighted by Crippen LogP contribution is -2.44. The van der Waals surface area contributed by atoms with E-state index in [0.29, 0.717) is 32.7 Å². The fourth-order valence-corrected chi connectivity index (χ4v) is 3.95. The number of thioether (sulfide) groups is 1. The summed E-state index contributed by atoms with van der Waals surface area (Å²) >= 11 is 1.32. The van der Waals surface area contributed by atoms with Crippen LogP contribution in [0.3, 0.4) is 0 Å². The third kappa shape index (κ3) is 4.99. The Morgan fingerprint density at radius 1 is 1.32 bits per heavy atom. The smallest absolute Gasteiger partial charge is 0.281 e. The molecule has 0 bridgehead atoms. The molecule has 1 N–H and O–H groups in total. The van der Waals surface area contributed by atoms with Gasteiger partial charge in [-0.3, -0.25) is 14.5 Å². The quantitative estimate of drug-likeness (QED) is 0.790. The molecule has 0 saturated carbocycles. The van der Waals surface area contributed by atoms with Gasteiger partial charge < -0.3 is 19.4 Å². The molecule has 2 aliphatic rings. The Balaban J connectivity index is 1.52. The van der Waals surface area contributed by atoms with Gasteiger partial charge >= 0.3 is 0 Å². The standard InChI is InChI=1S/C17H25N3O4S/c1-13-2-3-15(24-13)14(19-6-9-23-10-7-19)12-18-16(21)4-5-20-8-11-25-17(20)22/h2-3,14H,4-12H2,1H3,(H,18,21)/t14-/m0/s1. The van der Waals surface area contributed by atoms with E-state index in [2.05, 4.69) is 10.2 Å². The van der Waals surface area contributed by atoms with E-state index in [4.69, 9.17) is 9.15 Å². The number of hydrogen-bond donors (Lipinski definition) is 1. The minimum atomic E-state index is -0.0359. The first-order valence-corrected chi connectivity index (χ1v) is 9.68. The average molecular weight is 367 g/mol. The molecule has 2 fully saturated rings. The highest BCUT2D eigenvalue weighted by Gasteiger charge is 2.26. The summed E-state index contributed by atoms with van der Waals surface area (Å²) in [6.45, 7) is 6.66. The van der Waals surface area contributed by atoms with Crippen LogP contribution in [0.5, 0.6) is 0 Å². The zero-order valence-electron chi connectivity index (χ0n) is 14.5. The molecule has 1 aromatic heterocycles. The number of ether oxygens (including phenoxy) is 1. The van der Waals surface area contributed by atoms with Gasteiger partial charge in [-0.15, -0.1) is 0 Å². The van der Waals surface area contributed by atoms with Gasteiger partial charge in [0.05, 0.1) is 19.3 Å². The molecule has 7 nitrogen and oxygen atoms in total. The van der Waals surface area contributed by atoms with Crippen LogP contribution in [-0.4, -0.2) is 72.6 Å². The van der Waals surface area contributed by atoms with Crippen LogP contribution in [0, 0.1) is 6.92 Å². The average Bonchev–Trinajstić information content (AvgIpc) is 3.22. The van der Waals surface area contributed by atoms with E-state index in [1.165, 1.54) is 11.8 Å². The molecule has 2 aliphatic heterocycles. The molecule has 0 spiro atoms. The van der Waals surface area contributed by atoms with Gasteiger partial charge in [0.15, 0.2) is 0 Å². The summed E-state index contributed by atoms with van der Waals surface area (Å²) in [7, 11) is 0. The van der Waals surface area contributed by atoms with Crippen molar-refractivity contribution in [3.05, 3.63) is 23.7 Å². The normalized spacial score (nSPS) is 20.0. The third-order valence-electron chi connectivity index (χ3n) is 4.52. The van der Waals surface area contributed by atoms with Gasteiger partial charge in [0.1, 0.15) is 11.5 Å². The fourth-order valence-electron chi connectivity index (χ4n) is 3.10. The zero-order chi connectivity index (χ0) is 17.6. The Labute approximate surface area is 152 Å². The number of furan rings is 1. The molecule has 138 valence electrons. The van der Waals surface area contributed by atoms with Crippen LogP contribution >= 0.6 is 11.8 Å². The Morgan fingerprint density at radius 3 is 2.76 bits per heavy atom. The molecule has 8 heteroatoms. The summed E-state index contributed by atoms with van der Waals surface area (Å²) in [5, 5.41) is 3.07. The molecule has 0 aliphatic carbocycles. The van der Waals surface area contributed by atoms with Gasteiger partial charge in [-0.25, -0.2) is 0 Å². The highest BCUT2D eigenvalue weighted by atomic mass is 32.2. The number of nitrogens with one attached hydrogen (secondary N) is 1. The van der Waals surface area contributed by atoms with Crippen molar-refractivity contribution < 1.29 is 18.7 Å². The topological polar surface area (TPSA) is 75.0 Å². The molecule has 2 saturated heterocycles. The van der Waals surface area contributed by atoms with Crippen molar-refractivity contribution in [1.82, 2.24) is 15.1 Å². The van der Waals surface area contributed by atoms with Crippen molar-refractivity contribution in [2.75, 3.05) is 51.7 Å². The first-order chi connectivity index (χ1) is 12.1. The number of nitrogens with zero attached hydrogens (tertiary/aromatic N) is 2. The first-order valence-electron chi connectivity index (χ1n) is 8.70. The molecule has 3 heterocycles. The SMILES string of the molecule is Cc1ccc([C@H](CNC(=O)CCN2CCSC2=O)N2CCOCC2)o1. The number of hydrogen-bond acceptors (Lipinski definition) is 6. The van der Waals surface area contributed by atoms with Crippen LogP contribution in [0.2, 0.25) is 0 Å². The zero-order valence-corrected chi connectivity index (χ0v) is 15.3. The maximum absolute atomic E-state index is 12.2. The molecule has 1 aromatic rings. The summed E-state index contributed by atoms with van der Waals surface area (Å²) in [5.41, 5.74) is 0. The van der Waals surface area contributed by atoms with Crippen LogP contribution < -0.4 is 5.32 Å². The summed E-state index contributed by atoms with van der Waals surface area (Å²) in [6, 6.07) is 3.92. The van der Waals surface area contributed by atoms with E-state index in [-0.39, 0.29) is 17.2 Å². The molecule has 0 unspecified atom stereocenters. The van der Waals surface area contributed by atoms with Crippen molar-refractivity contribution in [2.24, 2.45) is 0 Å². The maximum atomic E-state index is 12.2. The van der Waals surface area contributed by atoms with Gasteiger partial charge in [0, 0.05) is 44.9 Å². The van der Waals surface area contributed by atoms with Gasteiger partial charge in [-0.2, -0.15) is 0 Å². The van der Waals surface area contributed by atoms with Gasteiger partial charge in [-0.1, -0.05) is 11.8 Å². The predicted molar refractivity (Wildman–Crippen MR) is 95.6 cm³/mol. The Hall–Kier alpha value is -1.51. The maximum Gasteiger partial charge on any atom is 0.281 e. The van der Waals surface area contributed by atoms with E-state index in [1.807, 2.05) is 19.1 Å². The molecular weight excluding hydrogens is 342 g/mol. The minimum absolute atomic E-state index is 0.00511. The van der Waals surface area contributed by atoms with Crippen LogP contribution in [0.4, 0.5) is 4.79 Å². The second-order valence-electron chi connectivity index (χ2n) is 6.27. The number of morpholine rings is 1. The lowest BCUT2D eigenvalue weighted by molar-refractivity contribution is -0.121. The highest BCUT2D eigenvalue weighted by Crippen LogP contribution is 2.23. The third-order valence-corrected chi connectivity index (χ3v) is 5.41. The highest BCUT2D eigenvalue weighted by molar-refractivity contribution is 8.13. The molecule has 1 atom stereocenters. The van der Waals surface area contributed by atoms with Crippen molar-refractivity contribution >= 4 is 22.9 Å². The van der Waals surface area contributed by atoms with E-state index >= 15 is 0 Å². The summed E-state index contributed by atoms with van der Waals surface area (Å²) in [6.07, 6.45) is 0.333. The van der Waals surface area contributed by atoms with Crippen LogP contribution in [0.25, 0.3) is 0 Å². The summed E-state index contributed by atoms with van der Waals surface area (Å²) in [4.78, 5) is 27.8. The molecular formula is C17H25N3O4S. The van der Waals surface area contributed by atoms with Crippen molar-refractivity contribution in [3.63, 3.8) is 0 Å². The van der Waals surface area contributed by atoms with Crippen molar-refractivity contribution in [1.29, 1.82) is 0 Å². The number of carbonyl (C=O) groups is 2.